The number of H-pyrrole nitrogens is 1. The molecule has 2 aromatic rings. The molecule has 0 spiro atoms. The summed E-state index contributed by atoms with van der Waals surface area (Å²) in [6.07, 6.45) is 3.25. The average molecular weight is 245 g/mol. The highest BCUT2D eigenvalue weighted by molar-refractivity contribution is 5.74. The lowest BCUT2D eigenvalue weighted by molar-refractivity contribution is 0.190. The topological polar surface area (TPSA) is 49.9 Å². The van der Waals surface area contributed by atoms with Gasteiger partial charge < -0.3 is 15.0 Å². The smallest absolute Gasteiger partial charge is 0.107 e. The zero-order valence-electron chi connectivity index (χ0n) is 10.5. The number of nitrogens with zero attached hydrogens (tertiary/aromatic N) is 1. The fourth-order valence-corrected chi connectivity index (χ4v) is 2.38. The number of aromatic amines is 1. The minimum Gasteiger partial charge on any atom is -0.380 e. The average Bonchev–Trinajstić information content (AvgIpc) is 3.03. The minimum absolute atomic E-state index is 0.556. The molecule has 1 aliphatic heterocycles. The molecule has 1 aromatic heterocycles. The molecule has 1 atom stereocenters. The van der Waals surface area contributed by atoms with Crippen LogP contribution in [-0.4, -0.2) is 35.8 Å². The Kier molecular flexibility index (Phi) is 3.57. The van der Waals surface area contributed by atoms with Crippen molar-refractivity contribution in [2.75, 3.05) is 19.8 Å². The Labute approximate surface area is 107 Å². The van der Waals surface area contributed by atoms with Gasteiger partial charge in [-0.3, -0.25) is 0 Å². The predicted molar refractivity (Wildman–Crippen MR) is 71.6 cm³/mol. The van der Waals surface area contributed by atoms with Gasteiger partial charge >= 0.3 is 0 Å². The van der Waals surface area contributed by atoms with Crippen LogP contribution in [0.15, 0.2) is 24.3 Å². The number of nitrogens with one attached hydrogen (secondary N) is 2. The molecule has 0 bridgehead atoms. The van der Waals surface area contributed by atoms with Crippen LogP contribution in [0.3, 0.4) is 0 Å². The van der Waals surface area contributed by atoms with Gasteiger partial charge in [0.1, 0.15) is 5.82 Å². The summed E-state index contributed by atoms with van der Waals surface area (Å²) in [5.41, 5.74) is 2.19. The van der Waals surface area contributed by atoms with Gasteiger partial charge in [0.05, 0.1) is 17.6 Å². The van der Waals surface area contributed by atoms with Crippen molar-refractivity contribution in [1.82, 2.24) is 15.3 Å². The third-order valence-electron chi connectivity index (χ3n) is 3.39. The Bertz CT molecular complexity index is 469. The molecule has 3 rings (SSSR count). The van der Waals surface area contributed by atoms with Gasteiger partial charge in [-0.2, -0.15) is 0 Å². The first-order valence-electron chi connectivity index (χ1n) is 6.66. The number of rotatable bonds is 5. The third kappa shape index (κ3) is 2.71. The summed E-state index contributed by atoms with van der Waals surface area (Å²) in [6.45, 7) is 2.80. The molecule has 2 N–H and O–H groups in total. The number of aromatic nitrogens is 2. The van der Waals surface area contributed by atoms with Crippen molar-refractivity contribution >= 4 is 11.0 Å². The monoisotopic (exact) mass is 245 g/mol. The van der Waals surface area contributed by atoms with Gasteiger partial charge in [-0.1, -0.05) is 12.1 Å². The van der Waals surface area contributed by atoms with Crippen molar-refractivity contribution in [2.24, 2.45) is 0 Å². The summed E-state index contributed by atoms with van der Waals surface area (Å²) in [5.74, 6) is 1.08. The molecular formula is C14H19N3O. The van der Waals surface area contributed by atoms with Crippen LogP contribution < -0.4 is 5.32 Å². The first kappa shape index (κ1) is 11.7. The fraction of sp³-hybridized carbons (Fsp3) is 0.500. The van der Waals surface area contributed by atoms with Crippen LogP contribution >= 0.6 is 0 Å². The molecule has 4 heteroatoms. The molecule has 0 amide bonds. The van der Waals surface area contributed by atoms with E-state index >= 15 is 0 Å². The molecule has 96 valence electrons. The van der Waals surface area contributed by atoms with Crippen LogP contribution in [0.1, 0.15) is 18.7 Å². The van der Waals surface area contributed by atoms with Gasteiger partial charge in [0, 0.05) is 19.1 Å². The fourth-order valence-electron chi connectivity index (χ4n) is 2.38. The molecule has 0 aliphatic carbocycles. The van der Waals surface area contributed by atoms with Crippen molar-refractivity contribution in [3.8, 4) is 0 Å². The van der Waals surface area contributed by atoms with E-state index in [2.05, 4.69) is 21.4 Å². The largest absolute Gasteiger partial charge is 0.380 e. The maximum Gasteiger partial charge on any atom is 0.107 e. The molecule has 0 radical (unpaired) electrons. The van der Waals surface area contributed by atoms with Crippen LogP contribution in [0.4, 0.5) is 0 Å². The standard InChI is InChI=1S/C14H19N3O/c1-2-5-13-12(4-1)16-14(17-13)6-3-8-15-11-7-9-18-10-11/h1-2,4-5,11,15H,3,6-10H2,(H,16,17)/t11-/m0/s1. The number of ether oxygens (including phenoxy) is 1. The quantitative estimate of drug-likeness (QED) is 0.791. The second-order valence-corrected chi connectivity index (χ2v) is 4.82. The number of hydrogen-bond acceptors (Lipinski definition) is 3. The van der Waals surface area contributed by atoms with Gasteiger partial charge in [-0.25, -0.2) is 4.98 Å². The Morgan fingerprint density at radius 2 is 2.33 bits per heavy atom. The number of aryl methyl sites for hydroxylation is 1. The van der Waals surface area contributed by atoms with E-state index < -0.39 is 0 Å². The molecule has 4 nitrogen and oxygen atoms in total. The number of benzene rings is 1. The number of para-hydroxylation sites is 2. The van der Waals surface area contributed by atoms with E-state index in [0.717, 1.165) is 55.9 Å². The van der Waals surface area contributed by atoms with Crippen LogP contribution in [0.25, 0.3) is 11.0 Å². The third-order valence-corrected chi connectivity index (χ3v) is 3.39. The molecule has 1 aliphatic rings. The summed E-state index contributed by atoms with van der Waals surface area (Å²) < 4.78 is 5.33. The van der Waals surface area contributed by atoms with Gasteiger partial charge in [0.15, 0.2) is 0 Å². The van der Waals surface area contributed by atoms with E-state index in [1.807, 2.05) is 18.2 Å². The molecule has 0 saturated carbocycles. The van der Waals surface area contributed by atoms with Crippen LogP contribution in [-0.2, 0) is 11.2 Å². The number of hydrogen-bond donors (Lipinski definition) is 2. The number of fused-ring (bicyclic) bond motifs is 1. The SMILES string of the molecule is c1ccc2[nH]c(CCCN[C@H]3CCOC3)nc2c1. The van der Waals surface area contributed by atoms with E-state index in [1.165, 1.54) is 0 Å². The molecule has 1 saturated heterocycles. The molecule has 1 fully saturated rings. The van der Waals surface area contributed by atoms with Crippen molar-refractivity contribution in [3.05, 3.63) is 30.1 Å². The molecule has 1 aromatic carbocycles. The summed E-state index contributed by atoms with van der Waals surface area (Å²) in [5, 5.41) is 3.52. The van der Waals surface area contributed by atoms with Crippen molar-refractivity contribution in [1.29, 1.82) is 0 Å². The second kappa shape index (κ2) is 5.50. The second-order valence-electron chi connectivity index (χ2n) is 4.82. The first-order chi connectivity index (χ1) is 8.92. The molecule has 2 heterocycles. The molecular weight excluding hydrogens is 226 g/mol. The zero-order chi connectivity index (χ0) is 12.2. The Balaban J connectivity index is 1.47. The Morgan fingerprint density at radius 3 is 3.17 bits per heavy atom. The minimum atomic E-state index is 0.556. The Hall–Kier alpha value is -1.39. The summed E-state index contributed by atoms with van der Waals surface area (Å²) in [6, 6.07) is 8.73. The van der Waals surface area contributed by atoms with Gasteiger partial charge in [-0.15, -0.1) is 0 Å². The molecule has 0 unspecified atom stereocenters. The van der Waals surface area contributed by atoms with Crippen LogP contribution in [0.5, 0.6) is 0 Å². The van der Waals surface area contributed by atoms with Crippen LogP contribution in [0.2, 0.25) is 0 Å². The maximum atomic E-state index is 5.33. The Morgan fingerprint density at radius 1 is 1.39 bits per heavy atom. The van der Waals surface area contributed by atoms with Crippen molar-refractivity contribution in [3.63, 3.8) is 0 Å². The van der Waals surface area contributed by atoms with Crippen LogP contribution in [0, 0.1) is 0 Å². The number of imidazole rings is 1. The highest BCUT2D eigenvalue weighted by atomic mass is 16.5. The van der Waals surface area contributed by atoms with E-state index in [9.17, 15) is 0 Å². The van der Waals surface area contributed by atoms with E-state index in [0.29, 0.717) is 6.04 Å². The zero-order valence-corrected chi connectivity index (χ0v) is 10.5. The van der Waals surface area contributed by atoms with E-state index in [1.54, 1.807) is 0 Å². The molecule has 18 heavy (non-hydrogen) atoms. The van der Waals surface area contributed by atoms with E-state index in [4.69, 9.17) is 4.74 Å². The van der Waals surface area contributed by atoms with Crippen molar-refractivity contribution < 1.29 is 4.74 Å². The summed E-state index contributed by atoms with van der Waals surface area (Å²) in [7, 11) is 0. The van der Waals surface area contributed by atoms with Crippen molar-refractivity contribution in [2.45, 2.75) is 25.3 Å². The van der Waals surface area contributed by atoms with Gasteiger partial charge in [0.25, 0.3) is 0 Å². The highest BCUT2D eigenvalue weighted by Gasteiger charge is 2.13. The highest BCUT2D eigenvalue weighted by Crippen LogP contribution is 2.11. The predicted octanol–water partition coefficient (Wildman–Crippen LogP) is 1.87. The summed E-state index contributed by atoms with van der Waals surface area (Å²) in [4.78, 5) is 7.93. The normalized spacial score (nSPS) is 19.7. The van der Waals surface area contributed by atoms with Gasteiger partial charge in [-0.05, 0) is 31.5 Å². The maximum absolute atomic E-state index is 5.33. The van der Waals surface area contributed by atoms with E-state index in [-0.39, 0.29) is 0 Å². The van der Waals surface area contributed by atoms with Gasteiger partial charge in [0.2, 0.25) is 0 Å². The first-order valence-corrected chi connectivity index (χ1v) is 6.66. The summed E-state index contributed by atoms with van der Waals surface area (Å²) >= 11 is 0. The lowest BCUT2D eigenvalue weighted by Gasteiger charge is -2.09. The lowest BCUT2D eigenvalue weighted by Crippen LogP contribution is -2.30. The lowest BCUT2D eigenvalue weighted by atomic mass is 10.2.